The number of aromatic nitrogens is 2. The Hall–Kier alpha value is -4.11. The van der Waals surface area contributed by atoms with Crippen molar-refractivity contribution in [2.75, 3.05) is 33.9 Å². The maximum atomic E-state index is 12.2. The molecule has 0 radical (unpaired) electrons. The number of aryl methyl sites for hydroxylation is 4. The summed E-state index contributed by atoms with van der Waals surface area (Å²) in [4.78, 5) is 43.9. The molecule has 1 atom stereocenters. The molecular formula is C33H40N4O5. The van der Waals surface area contributed by atoms with Crippen LogP contribution in [-0.4, -0.2) is 72.6 Å². The van der Waals surface area contributed by atoms with Gasteiger partial charge in [0.2, 0.25) is 0 Å². The summed E-state index contributed by atoms with van der Waals surface area (Å²) >= 11 is 0. The smallest absolute Gasteiger partial charge is 0.338 e. The molecule has 1 unspecified atom stereocenters. The molecule has 1 aliphatic heterocycles. The molecular weight excluding hydrogens is 532 g/mol. The van der Waals surface area contributed by atoms with E-state index >= 15 is 0 Å². The van der Waals surface area contributed by atoms with Crippen LogP contribution in [0.4, 0.5) is 0 Å². The Morgan fingerprint density at radius 3 is 2.40 bits per heavy atom. The zero-order valence-corrected chi connectivity index (χ0v) is 24.9. The standard InChI is InChI=1S/C17H20N2O3.C16H20N2O2/c1-19(2)16(20)10-22-17(21)11-7-8-15-13(9-11)12-5-3-4-6-14(12)18-15;1-10-11(2)18-15-6-5-12(8-14(10)15)16(19)17-9-13-4-3-7-20-13/h7-9,18H,3-6,10H2,1-2H3;5-6,8,13,18H,3-4,7,9H2,1-2H3,(H,17,19). The number of hydrogen-bond donors (Lipinski definition) is 3. The van der Waals surface area contributed by atoms with Crippen LogP contribution in [0.3, 0.4) is 0 Å². The molecule has 1 saturated heterocycles. The van der Waals surface area contributed by atoms with Gasteiger partial charge in [-0.15, -0.1) is 0 Å². The maximum Gasteiger partial charge on any atom is 0.338 e. The van der Waals surface area contributed by atoms with Crippen molar-refractivity contribution in [3.05, 3.63) is 70.0 Å². The zero-order valence-electron chi connectivity index (χ0n) is 24.9. The Morgan fingerprint density at radius 2 is 1.67 bits per heavy atom. The molecule has 0 spiro atoms. The highest BCUT2D eigenvalue weighted by Crippen LogP contribution is 2.30. The van der Waals surface area contributed by atoms with E-state index in [0.717, 1.165) is 59.8 Å². The van der Waals surface area contributed by atoms with Crippen LogP contribution < -0.4 is 5.32 Å². The number of aromatic amines is 2. The first-order valence-electron chi connectivity index (χ1n) is 14.7. The molecule has 3 N–H and O–H groups in total. The summed E-state index contributed by atoms with van der Waals surface area (Å²) in [6, 6.07) is 11.3. The van der Waals surface area contributed by atoms with E-state index in [4.69, 9.17) is 9.47 Å². The van der Waals surface area contributed by atoms with Gasteiger partial charge in [0.05, 0.1) is 11.7 Å². The van der Waals surface area contributed by atoms with Crippen molar-refractivity contribution < 1.29 is 23.9 Å². The molecule has 2 aromatic heterocycles. The van der Waals surface area contributed by atoms with Gasteiger partial charge in [0.15, 0.2) is 6.61 Å². The number of carbonyl (C=O) groups excluding carboxylic acids is 3. The van der Waals surface area contributed by atoms with Crippen molar-refractivity contribution in [1.29, 1.82) is 0 Å². The Labute approximate surface area is 245 Å². The number of H-pyrrole nitrogens is 2. The summed E-state index contributed by atoms with van der Waals surface area (Å²) < 4.78 is 10.6. The van der Waals surface area contributed by atoms with Crippen LogP contribution in [0.1, 0.15) is 68.9 Å². The molecule has 2 amide bonds. The number of nitrogens with zero attached hydrogens (tertiary/aromatic N) is 1. The second kappa shape index (κ2) is 12.8. The van der Waals surface area contributed by atoms with Crippen molar-refractivity contribution in [3.8, 4) is 0 Å². The lowest BCUT2D eigenvalue weighted by molar-refractivity contribution is -0.131. The van der Waals surface area contributed by atoms with E-state index in [1.54, 1.807) is 20.2 Å². The van der Waals surface area contributed by atoms with Crippen LogP contribution in [0.2, 0.25) is 0 Å². The molecule has 222 valence electrons. The van der Waals surface area contributed by atoms with Crippen LogP contribution in [0.15, 0.2) is 36.4 Å². The zero-order chi connectivity index (χ0) is 29.8. The fraction of sp³-hybridized carbons (Fsp3) is 0.424. The molecule has 9 nitrogen and oxygen atoms in total. The topological polar surface area (TPSA) is 117 Å². The minimum absolute atomic E-state index is 0.0272. The Balaban J connectivity index is 0.000000169. The van der Waals surface area contributed by atoms with Crippen molar-refractivity contribution in [1.82, 2.24) is 20.2 Å². The average molecular weight is 573 g/mol. The number of carbonyl (C=O) groups is 3. The van der Waals surface area contributed by atoms with Gasteiger partial charge in [0, 0.05) is 66.0 Å². The minimum Gasteiger partial charge on any atom is -0.452 e. The summed E-state index contributed by atoms with van der Waals surface area (Å²) in [5.41, 5.74) is 8.30. The summed E-state index contributed by atoms with van der Waals surface area (Å²) in [6.07, 6.45) is 6.82. The van der Waals surface area contributed by atoms with E-state index in [0.29, 0.717) is 17.7 Å². The second-order valence-corrected chi connectivity index (χ2v) is 11.4. The Morgan fingerprint density at radius 1 is 0.952 bits per heavy atom. The van der Waals surface area contributed by atoms with Gasteiger partial charge in [-0.2, -0.15) is 0 Å². The third-order valence-corrected chi connectivity index (χ3v) is 8.24. The van der Waals surface area contributed by atoms with Crippen LogP contribution in [0.5, 0.6) is 0 Å². The van der Waals surface area contributed by atoms with Crippen molar-refractivity contribution in [2.24, 2.45) is 0 Å². The third kappa shape index (κ3) is 6.51. The normalized spacial score (nSPS) is 16.0. The number of benzene rings is 2. The first-order chi connectivity index (χ1) is 20.2. The quantitative estimate of drug-likeness (QED) is 0.282. The van der Waals surface area contributed by atoms with Crippen LogP contribution in [0, 0.1) is 13.8 Å². The average Bonchev–Trinajstić information content (AvgIpc) is 3.72. The van der Waals surface area contributed by atoms with Crippen molar-refractivity contribution >= 4 is 39.6 Å². The molecule has 1 fully saturated rings. The highest BCUT2D eigenvalue weighted by Gasteiger charge is 2.19. The first kappa shape index (κ1) is 29.4. The predicted molar refractivity (Wildman–Crippen MR) is 163 cm³/mol. The fourth-order valence-corrected chi connectivity index (χ4v) is 5.59. The molecule has 2 aromatic carbocycles. The maximum absolute atomic E-state index is 12.2. The largest absolute Gasteiger partial charge is 0.452 e. The van der Waals surface area contributed by atoms with Gasteiger partial charge in [-0.1, -0.05) is 0 Å². The number of amides is 2. The first-order valence-corrected chi connectivity index (χ1v) is 14.7. The van der Waals surface area contributed by atoms with Gasteiger partial charge >= 0.3 is 5.97 Å². The van der Waals surface area contributed by atoms with Gasteiger partial charge in [-0.25, -0.2) is 4.79 Å². The minimum atomic E-state index is -0.456. The number of esters is 1. The molecule has 0 bridgehead atoms. The molecule has 9 heteroatoms. The van der Waals surface area contributed by atoms with E-state index in [1.165, 1.54) is 34.6 Å². The summed E-state index contributed by atoms with van der Waals surface area (Å²) in [7, 11) is 3.27. The van der Waals surface area contributed by atoms with Gasteiger partial charge in [-0.05, 0) is 99.9 Å². The number of hydrogen-bond acceptors (Lipinski definition) is 5. The predicted octanol–water partition coefficient (Wildman–Crippen LogP) is 4.99. The van der Waals surface area contributed by atoms with E-state index in [1.807, 2.05) is 37.3 Å². The summed E-state index contributed by atoms with van der Waals surface area (Å²) in [5.74, 6) is -0.711. The molecule has 1 aliphatic carbocycles. The summed E-state index contributed by atoms with van der Waals surface area (Å²) in [6.45, 7) is 5.31. The van der Waals surface area contributed by atoms with Crippen molar-refractivity contribution in [3.63, 3.8) is 0 Å². The monoisotopic (exact) mass is 572 g/mol. The number of rotatable bonds is 6. The molecule has 0 saturated carbocycles. The highest BCUT2D eigenvalue weighted by molar-refractivity contribution is 5.99. The lowest BCUT2D eigenvalue weighted by Crippen LogP contribution is -2.31. The lowest BCUT2D eigenvalue weighted by atomic mass is 9.95. The van der Waals surface area contributed by atoms with E-state index in [9.17, 15) is 14.4 Å². The molecule has 3 heterocycles. The molecule has 42 heavy (non-hydrogen) atoms. The number of fused-ring (bicyclic) bond motifs is 4. The number of likely N-dealkylation sites (N-methyl/N-ethyl adjacent to an activating group) is 1. The van der Waals surface area contributed by atoms with Gasteiger partial charge in [0.25, 0.3) is 11.8 Å². The summed E-state index contributed by atoms with van der Waals surface area (Å²) in [5, 5.41) is 5.18. The Bertz CT molecular complexity index is 1610. The molecule has 6 rings (SSSR count). The third-order valence-electron chi connectivity index (χ3n) is 8.24. The second-order valence-electron chi connectivity index (χ2n) is 11.4. The molecule has 2 aliphatic rings. The van der Waals surface area contributed by atoms with Crippen LogP contribution in [0.25, 0.3) is 21.8 Å². The SMILES string of the molecule is CN(C)C(=O)COC(=O)c1ccc2[nH]c3c(c2c1)CCCC3.Cc1[nH]c2ccc(C(=O)NCC3CCCO3)cc2c1C. The van der Waals surface area contributed by atoms with Gasteiger partial charge in [0.1, 0.15) is 0 Å². The lowest BCUT2D eigenvalue weighted by Gasteiger charge is -2.11. The number of ether oxygens (including phenoxy) is 2. The number of nitrogens with one attached hydrogen (secondary N) is 3. The van der Waals surface area contributed by atoms with Gasteiger partial charge in [-0.3, -0.25) is 9.59 Å². The van der Waals surface area contributed by atoms with E-state index in [-0.39, 0.29) is 24.5 Å². The van der Waals surface area contributed by atoms with E-state index in [2.05, 4.69) is 22.2 Å². The fourth-order valence-electron chi connectivity index (χ4n) is 5.59. The Kier molecular flexibility index (Phi) is 8.97. The van der Waals surface area contributed by atoms with E-state index < -0.39 is 5.97 Å². The molecule has 4 aromatic rings. The van der Waals surface area contributed by atoms with Crippen LogP contribution in [-0.2, 0) is 27.1 Å². The highest BCUT2D eigenvalue weighted by atomic mass is 16.5. The van der Waals surface area contributed by atoms with Crippen LogP contribution >= 0.6 is 0 Å². The van der Waals surface area contributed by atoms with Gasteiger partial charge < -0.3 is 29.7 Å². The van der Waals surface area contributed by atoms with Crippen molar-refractivity contribution in [2.45, 2.75) is 58.5 Å².